The Morgan fingerprint density at radius 3 is 2.50 bits per heavy atom. The minimum atomic E-state index is -3.45. The number of ether oxygens (including phenoxy) is 1. The molecule has 0 unspecified atom stereocenters. The third kappa shape index (κ3) is 5.27. The van der Waals surface area contributed by atoms with Crippen LogP contribution in [0.2, 0.25) is 0 Å². The zero-order chi connectivity index (χ0) is 17.5. The Hall–Kier alpha value is -1.48. The maximum atomic E-state index is 12.4. The molecule has 0 aliphatic carbocycles. The van der Waals surface area contributed by atoms with Crippen LogP contribution in [-0.4, -0.2) is 46.4 Å². The molecule has 1 aliphatic rings. The lowest BCUT2D eigenvalue weighted by Gasteiger charge is -2.34. The first-order chi connectivity index (χ1) is 11.5. The lowest BCUT2D eigenvalue weighted by atomic mass is 9.79. The van der Waals surface area contributed by atoms with Gasteiger partial charge in [-0.05, 0) is 18.4 Å². The molecule has 1 fully saturated rings. The van der Waals surface area contributed by atoms with Gasteiger partial charge in [-0.25, -0.2) is 13.1 Å². The maximum absolute atomic E-state index is 12.4. The molecule has 0 spiro atoms. The van der Waals surface area contributed by atoms with Gasteiger partial charge in [-0.1, -0.05) is 30.3 Å². The highest BCUT2D eigenvalue weighted by Crippen LogP contribution is 2.29. The Bertz CT molecular complexity index is 628. The summed E-state index contributed by atoms with van der Waals surface area (Å²) >= 11 is 0. The van der Waals surface area contributed by atoms with Crippen LogP contribution < -0.4 is 15.8 Å². The van der Waals surface area contributed by atoms with Crippen LogP contribution in [0.5, 0.6) is 0 Å². The molecule has 1 aromatic rings. The van der Waals surface area contributed by atoms with Crippen molar-refractivity contribution in [3.63, 3.8) is 0 Å². The second kappa shape index (κ2) is 8.57. The molecule has 4 N–H and O–H groups in total. The van der Waals surface area contributed by atoms with Gasteiger partial charge in [0.2, 0.25) is 15.9 Å². The van der Waals surface area contributed by atoms with E-state index in [0.717, 1.165) is 5.56 Å². The van der Waals surface area contributed by atoms with E-state index in [-0.39, 0.29) is 31.3 Å². The van der Waals surface area contributed by atoms with E-state index in [1.807, 2.05) is 30.3 Å². The van der Waals surface area contributed by atoms with E-state index >= 15 is 0 Å². The minimum Gasteiger partial charge on any atom is -0.381 e. The number of benzene rings is 1. The molecule has 8 heteroatoms. The van der Waals surface area contributed by atoms with Crippen molar-refractivity contribution in [3.05, 3.63) is 35.9 Å². The van der Waals surface area contributed by atoms with Gasteiger partial charge in [-0.2, -0.15) is 0 Å². The van der Waals surface area contributed by atoms with Gasteiger partial charge in [-0.15, -0.1) is 0 Å². The molecule has 1 saturated heterocycles. The normalized spacial score (nSPS) is 17.4. The van der Waals surface area contributed by atoms with E-state index in [0.29, 0.717) is 26.1 Å². The molecule has 0 saturated carbocycles. The molecule has 1 aliphatic heterocycles. The summed E-state index contributed by atoms with van der Waals surface area (Å²) in [5.74, 6) is -0.352. The lowest BCUT2D eigenvalue weighted by Crippen LogP contribution is -2.50. The van der Waals surface area contributed by atoms with E-state index in [1.54, 1.807) is 0 Å². The van der Waals surface area contributed by atoms with E-state index in [9.17, 15) is 13.2 Å². The summed E-state index contributed by atoms with van der Waals surface area (Å²) in [4.78, 5) is 12.4. The van der Waals surface area contributed by atoms with Crippen molar-refractivity contribution in [1.82, 2.24) is 10.0 Å². The third-order valence-corrected chi connectivity index (χ3v) is 5.64. The van der Waals surface area contributed by atoms with Crippen LogP contribution in [0.15, 0.2) is 30.3 Å². The smallest absolute Gasteiger partial charge is 0.227 e. The SMILES string of the molecule is NCC1(C(=O)NCCS(=O)(=O)NCc2ccccc2)CCOCC1. The highest BCUT2D eigenvalue weighted by Gasteiger charge is 2.38. The Balaban J connectivity index is 1.78. The minimum absolute atomic E-state index is 0.0611. The van der Waals surface area contributed by atoms with Gasteiger partial charge >= 0.3 is 0 Å². The average molecular weight is 355 g/mol. The van der Waals surface area contributed by atoms with Gasteiger partial charge in [0.05, 0.1) is 11.2 Å². The van der Waals surface area contributed by atoms with Crippen molar-refractivity contribution in [2.75, 3.05) is 32.1 Å². The molecule has 134 valence electrons. The second-order valence-electron chi connectivity index (χ2n) is 5.98. The Morgan fingerprint density at radius 1 is 1.21 bits per heavy atom. The number of carbonyl (C=O) groups excluding carboxylic acids is 1. The molecule has 7 nitrogen and oxygen atoms in total. The van der Waals surface area contributed by atoms with Gasteiger partial charge < -0.3 is 15.8 Å². The van der Waals surface area contributed by atoms with Crippen molar-refractivity contribution in [3.8, 4) is 0 Å². The number of sulfonamides is 1. The molecular formula is C16H25N3O4S. The summed E-state index contributed by atoms with van der Waals surface area (Å²) in [5.41, 5.74) is 6.01. The number of nitrogens with two attached hydrogens (primary N) is 1. The van der Waals surface area contributed by atoms with Crippen molar-refractivity contribution in [2.24, 2.45) is 11.1 Å². The first kappa shape index (κ1) is 18.9. The monoisotopic (exact) mass is 355 g/mol. The van der Waals surface area contributed by atoms with Crippen molar-refractivity contribution in [1.29, 1.82) is 0 Å². The maximum Gasteiger partial charge on any atom is 0.227 e. The fraction of sp³-hybridized carbons (Fsp3) is 0.562. The molecular weight excluding hydrogens is 330 g/mol. The number of rotatable bonds is 8. The van der Waals surface area contributed by atoms with Crippen LogP contribution in [0.3, 0.4) is 0 Å². The van der Waals surface area contributed by atoms with E-state index in [4.69, 9.17) is 10.5 Å². The molecule has 0 atom stereocenters. The van der Waals surface area contributed by atoms with Gasteiger partial charge in [0.15, 0.2) is 0 Å². The standard InChI is InChI=1S/C16H25N3O4S/c17-13-16(6-9-23-10-7-16)15(20)18-8-11-24(21,22)19-12-14-4-2-1-3-5-14/h1-5,19H,6-13,17H2,(H,18,20). The molecule has 1 heterocycles. The highest BCUT2D eigenvalue weighted by molar-refractivity contribution is 7.89. The van der Waals surface area contributed by atoms with Crippen LogP contribution in [0.1, 0.15) is 18.4 Å². The highest BCUT2D eigenvalue weighted by atomic mass is 32.2. The lowest BCUT2D eigenvalue weighted by molar-refractivity contribution is -0.135. The zero-order valence-electron chi connectivity index (χ0n) is 13.7. The zero-order valence-corrected chi connectivity index (χ0v) is 14.5. The van der Waals surface area contributed by atoms with Crippen molar-refractivity contribution in [2.45, 2.75) is 19.4 Å². The average Bonchev–Trinajstić information content (AvgIpc) is 2.61. The van der Waals surface area contributed by atoms with Gasteiger partial charge in [0.1, 0.15) is 0 Å². The summed E-state index contributed by atoms with van der Waals surface area (Å²) < 4.78 is 31.8. The molecule has 2 rings (SSSR count). The summed E-state index contributed by atoms with van der Waals surface area (Å²) in [7, 11) is -3.45. The number of hydrogen-bond donors (Lipinski definition) is 3. The Kier molecular flexibility index (Phi) is 6.73. The Morgan fingerprint density at radius 2 is 1.88 bits per heavy atom. The van der Waals surface area contributed by atoms with E-state index < -0.39 is 15.4 Å². The number of amides is 1. The molecule has 0 radical (unpaired) electrons. The fourth-order valence-electron chi connectivity index (χ4n) is 2.63. The number of carbonyl (C=O) groups is 1. The van der Waals surface area contributed by atoms with Crippen molar-refractivity contribution < 1.29 is 17.9 Å². The van der Waals surface area contributed by atoms with Gasteiger partial charge in [-0.3, -0.25) is 4.79 Å². The van der Waals surface area contributed by atoms with Crippen molar-refractivity contribution >= 4 is 15.9 Å². The quantitative estimate of drug-likeness (QED) is 0.607. The molecule has 1 aromatic carbocycles. The van der Waals surface area contributed by atoms with Crippen LogP contribution in [0.25, 0.3) is 0 Å². The number of nitrogens with one attached hydrogen (secondary N) is 2. The summed E-state index contributed by atoms with van der Waals surface area (Å²) in [5, 5.41) is 2.70. The van der Waals surface area contributed by atoms with Gasteiger partial charge in [0.25, 0.3) is 0 Å². The molecule has 1 amide bonds. The molecule has 24 heavy (non-hydrogen) atoms. The van der Waals surface area contributed by atoms with Gasteiger partial charge in [0, 0.05) is 32.8 Å². The predicted molar refractivity (Wildman–Crippen MR) is 91.6 cm³/mol. The summed E-state index contributed by atoms with van der Waals surface area (Å²) in [6.45, 7) is 1.54. The first-order valence-corrected chi connectivity index (χ1v) is 9.70. The Labute approximate surface area is 143 Å². The van der Waals surface area contributed by atoms with Crippen LogP contribution in [0.4, 0.5) is 0 Å². The van der Waals surface area contributed by atoms with E-state index in [1.165, 1.54) is 0 Å². The van der Waals surface area contributed by atoms with Crippen LogP contribution >= 0.6 is 0 Å². The topological polar surface area (TPSA) is 111 Å². The van der Waals surface area contributed by atoms with E-state index in [2.05, 4.69) is 10.0 Å². The molecule has 0 aromatic heterocycles. The fourth-order valence-corrected chi connectivity index (χ4v) is 3.54. The number of hydrogen-bond acceptors (Lipinski definition) is 5. The van der Waals surface area contributed by atoms with Crippen LogP contribution in [-0.2, 0) is 26.1 Å². The van der Waals surface area contributed by atoms with Crippen LogP contribution in [0, 0.1) is 5.41 Å². The summed E-state index contributed by atoms with van der Waals surface area (Å²) in [6.07, 6.45) is 1.13. The largest absolute Gasteiger partial charge is 0.381 e. The summed E-state index contributed by atoms with van der Waals surface area (Å²) in [6, 6.07) is 9.27. The first-order valence-electron chi connectivity index (χ1n) is 8.05. The third-order valence-electron chi connectivity index (χ3n) is 4.32. The molecule has 0 bridgehead atoms. The second-order valence-corrected chi connectivity index (χ2v) is 7.90. The predicted octanol–water partition coefficient (Wildman–Crippen LogP) is -0.0223.